The molecule has 0 unspecified atom stereocenters. The number of aromatic nitrogens is 2. The fourth-order valence-corrected chi connectivity index (χ4v) is 2.59. The van der Waals surface area contributed by atoms with Crippen LogP contribution in [-0.2, 0) is 6.18 Å². The third-order valence-corrected chi connectivity index (χ3v) is 3.95. The Hall–Kier alpha value is -2.31. The molecule has 0 aliphatic rings. The van der Waals surface area contributed by atoms with E-state index in [0.717, 1.165) is 12.1 Å². The van der Waals surface area contributed by atoms with Gasteiger partial charge in [0.2, 0.25) is 0 Å². The van der Waals surface area contributed by atoms with E-state index < -0.39 is 17.3 Å². The SMILES string of the molecule is O=c1[nH]c(/C(Cl)=C/c2ccc(C(F)(F)F)cc2)nc2ccc(Cl)cc12. The molecule has 2 aromatic carbocycles. The Morgan fingerprint density at radius 3 is 2.44 bits per heavy atom. The molecule has 0 aliphatic heterocycles. The third-order valence-electron chi connectivity index (χ3n) is 3.43. The number of halogens is 5. The highest BCUT2D eigenvalue weighted by molar-refractivity contribution is 6.50. The molecule has 25 heavy (non-hydrogen) atoms. The molecule has 1 N–H and O–H groups in total. The van der Waals surface area contributed by atoms with Gasteiger partial charge in [-0.25, -0.2) is 4.98 Å². The van der Waals surface area contributed by atoms with Crippen molar-refractivity contribution in [1.29, 1.82) is 0 Å². The Morgan fingerprint density at radius 1 is 1.12 bits per heavy atom. The second-order valence-corrected chi connectivity index (χ2v) is 6.03. The van der Waals surface area contributed by atoms with Crippen LogP contribution in [-0.4, -0.2) is 9.97 Å². The first-order valence-corrected chi connectivity index (χ1v) is 7.74. The number of nitrogens with one attached hydrogen (secondary N) is 1. The van der Waals surface area contributed by atoms with E-state index in [4.69, 9.17) is 23.2 Å². The van der Waals surface area contributed by atoms with Gasteiger partial charge in [0, 0.05) is 5.02 Å². The molecule has 0 spiro atoms. The van der Waals surface area contributed by atoms with Gasteiger partial charge >= 0.3 is 6.18 Å². The zero-order valence-electron chi connectivity index (χ0n) is 12.4. The minimum atomic E-state index is -4.40. The van der Waals surface area contributed by atoms with Gasteiger partial charge in [-0.2, -0.15) is 13.2 Å². The molecule has 1 heterocycles. The molecular formula is C17H9Cl2F3N2O. The van der Waals surface area contributed by atoms with E-state index in [0.29, 0.717) is 21.5 Å². The molecule has 8 heteroatoms. The van der Waals surface area contributed by atoms with E-state index in [1.807, 2.05) is 0 Å². The van der Waals surface area contributed by atoms with Crippen molar-refractivity contribution in [2.24, 2.45) is 0 Å². The molecular weight excluding hydrogens is 376 g/mol. The highest BCUT2D eigenvalue weighted by Crippen LogP contribution is 2.30. The molecule has 0 saturated heterocycles. The van der Waals surface area contributed by atoms with Crippen molar-refractivity contribution in [3.8, 4) is 0 Å². The second kappa shape index (κ2) is 6.54. The standard InChI is InChI=1S/C17H9Cl2F3N2O/c18-11-5-6-14-12(8-11)16(25)24-15(23-14)13(19)7-9-1-3-10(4-2-9)17(20,21)22/h1-8H,(H,23,24,25)/b13-7-. The molecule has 0 atom stereocenters. The highest BCUT2D eigenvalue weighted by Gasteiger charge is 2.29. The van der Waals surface area contributed by atoms with Gasteiger partial charge in [-0.05, 0) is 42.0 Å². The Bertz CT molecular complexity index is 1020. The smallest absolute Gasteiger partial charge is 0.305 e. The van der Waals surface area contributed by atoms with Crippen LogP contribution in [0.25, 0.3) is 22.0 Å². The lowest BCUT2D eigenvalue weighted by atomic mass is 10.1. The third kappa shape index (κ3) is 3.86. The maximum atomic E-state index is 12.6. The summed E-state index contributed by atoms with van der Waals surface area (Å²) < 4.78 is 37.7. The topological polar surface area (TPSA) is 45.8 Å². The van der Waals surface area contributed by atoms with Crippen LogP contribution in [0, 0.1) is 0 Å². The summed E-state index contributed by atoms with van der Waals surface area (Å²) in [6.07, 6.45) is -2.99. The zero-order valence-corrected chi connectivity index (χ0v) is 13.9. The summed E-state index contributed by atoms with van der Waals surface area (Å²) in [7, 11) is 0. The van der Waals surface area contributed by atoms with Crippen LogP contribution in [0.5, 0.6) is 0 Å². The number of fused-ring (bicyclic) bond motifs is 1. The van der Waals surface area contributed by atoms with Crippen molar-refractivity contribution in [2.45, 2.75) is 6.18 Å². The fourth-order valence-electron chi connectivity index (χ4n) is 2.21. The molecule has 0 bridgehead atoms. The summed E-state index contributed by atoms with van der Waals surface area (Å²) in [5.74, 6) is 0.112. The van der Waals surface area contributed by atoms with E-state index in [2.05, 4.69) is 9.97 Å². The lowest BCUT2D eigenvalue weighted by Crippen LogP contribution is -2.10. The maximum Gasteiger partial charge on any atom is 0.416 e. The van der Waals surface area contributed by atoms with E-state index in [1.54, 1.807) is 12.1 Å². The van der Waals surface area contributed by atoms with E-state index in [-0.39, 0.29) is 10.9 Å². The van der Waals surface area contributed by atoms with Gasteiger partial charge in [-0.15, -0.1) is 0 Å². The molecule has 0 aliphatic carbocycles. The Balaban J connectivity index is 1.98. The average molecular weight is 385 g/mol. The monoisotopic (exact) mass is 384 g/mol. The maximum absolute atomic E-state index is 12.6. The summed E-state index contributed by atoms with van der Waals surface area (Å²) >= 11 is 12.0. The summed E-state index contributed by atoms with van der Waals surface area (Å²) in [6, 6.07) is 9.13. The molecule has 3 rings (SSSR count). The van der Waals surface area contributed by atoms with Gasteiger partial charge in [-0.3, -0.25) is 4.79 Å². The molecule has 0 radical (unpaired) electrons. The van der Waals surface area contributed by atoms with Crippen LogP contribution in [0.1, 0.15) is 17.0 Å². The van der Waals surface area contributed by atoms with Crippen LogP contribution in [0.2, 0.25) is 5.02 Å². The van der Waals surface area contributed by atoms with Gasteiger partial charge < -0.3 is 4.98 Å². The Morgan fingerprint density at radius 2 is 1.80 bits per heavy atom. The van der Waals surface area contributed by atoms with Crippen molar-refractivity contribution in [2.75, 3.05) is 0 Å². The first-order valence-electron chi connectivity index (χ1n) is 6.98. The predicted octanol–water partition coefficient (Wildman–Crippen LogP) is 5.33. The van der Waals surface area contributed by atoms with Crippen LogP contribution < -0.4 is 5.56 Å². The first kappa shape index (κ1) is 17.5. The molecule has 0 amide bonds. The minimum Gasteiger partial charge on any atom is -0.305 e. The number of benzene rings is 2. The molecule has 3 aromatic rings. The summed E-state index contributed by atoms with van der Waals surface area (Å²) in [4.78, 5) is 18.9. The number of alkyl halides is 3. The van der Waals surface area contributed by atoms with Crippen molar-refractivity contribution < 1.29 is 13.2 Å². The molecule has 1 aromatic heterocycles. The zero-order chi connectivity index (χ0) is 18.2. The molecule has 3 nitrogen and oxygen atoms in total. The average Bonchev–Trinajstić information content (AvgIpc) is 2.55. The minimum absolute atomic E-state index is 0.0914. The molecule has 128 valence electrons. The fraction of sp³-hybridized carbons (Fsp3) is 0.0588. The van der Waals surface area contributed by atoms with Gasteiger partial charge in [0.15, 0.2) is 5.82 Å². The number of aromatic amines is 1. The van der Waals surface area contributed by atoms with Crippen molar-refractivity contribution in [1.82, 2.24) is 9.97 Å². The summed E-state index contributed by atoms with van der Waals surface area (Å²) in [6.45, 7) is 0. The van der Waals surface area contributed by atoms with Crippen LogP contribution >= 0.6 is 23.2 Å². The Kier molecular flexibility index (Phi) is 4.58. The number of hydrogen-bond acceptors (Lipinski definition) is 2. The van der Waals surface area contributed by atoms with E-state index in [1.165, 1.54) is 24.3 Å². The highest BCUT2D eigenvalue weighted by atomic mass is 35.5. The number of hydrogen-bond donors (Lipinski definition) is 1. The van der Waals surface area contributed by atoms with Crippen molar-refractivity contribution in [3.63, 3.8) is 0 Å². The summed E-state index contributed by atoms with van der Waals surface area (Å²) in [5, 5.41) is 0.808. The lowest BCUT2D eigenvalue weighted by molar-refractivity contribution is -0.137. The van der Waals surface area contributed by atoms with Gasteiger partial charge in [0.1, 0.15) is 0 Å². The van der Waals surface area contributed by atoms with Crippen LogP contribution in [0.3, 0.4) is 0 Å². The van der Waals surface area contributed by atoms with E-state index in [9.17, 15) is 18.0 Å². The van der Waals surface area contributed by atoms with Crippen LogP contribution in [0.15, 0.2) is 47.3 Å². The lowest BCUT2D eigenvalue weighted by Gasteiger charge is -2.06. The normalized spacial score (nSPS) is 12.6. The quantitative estimate of drug-likeness (QED) is 0.648. The first-order chi connectivity index (χ1) is 11.7. The van der Waals surface area contributed by atoms with Crippen molar-refractivity contribution in [3.05, 3.63) is 74.8 Å². The largest absolute Gasteiger partial charge is 0.416 e. The van der Waals surface area contributed by atoms with Gasteiger partial charge in [0.05, 0.1) is 21.5 Å². The second-order valence-electron chi connectivity index (χ2n) is 5.19. The summed E-state index contributed by atoms with van der Waals surface area (Å²) in [5.41, 5.74) is -0.324. The Labute approximate surface area is 149 Å². The molecule has 0 fully saturated rings. The van der Waals surface area contributed by atoms with E-state index >= 15 is 0 Å². The van der Waals surface area contributed by atoms with Crippen molar-refractivity contribution >= 4 is 45.2 Å². The van der Waals surface area contributed by atoms with Gasteiger partial charge in [0.25, 0.3) is 5.56 Å². The molecule has 0 saturated carbocycles. The predicted molar refractivity (Wildman–Crippen MR) is 92.5 cm³/mol. The number of H-pyrrole nitrogens is 1. The number of rotatable bonds is 2. The number of nitrogens with zero attached hydrogens (tertiary/aromatic N) is 1. The van der Waals surface area contributed by atoms with Crippen LogP contribution in [0.4, 0.5) is 13.2 Å². The van der Waals surface area contributed by atoms with Gasteiger partial charge in [-0.1, -0.05) is 35.3 Å².